The number of amides is 1. The van der Waals surface area contributed by atoms with Crippen molar-refractivity contribution in [3.8, 4) is 6.07 Å². The number of anilines is 2. The molecule has 2 N–H and O–H groups in total. The first kappa shape index (κ1) is 18.6. The Hall–Kier alpha value is -3.20. The Kier molecular flexibility index (Phi) is 6.16. The monoisotopic (exact) mass is 361 g/mol. The number of benzene rings is 1. The lowest BCUT2D eigenvalue weighted by atomic mass is 9.97. The maximum Gasteiger partial charge on any atom is 0.274 e. The molecule has 0 radical (unpaired) electrons. The number of allylic oxidation sites excluding steroid dienone is 1. The molecule has 0 unspecified atom stereocenters. The minimum atomic E-state index is -0.303. The zero-order valence-corrected chi connectivity index (χ0v) is 15.5. The molecule has 27 heavy (non-hydrogen) atoms. The topological polar surface area (TPSA) is 90.7 Å². The number of hydrogen-bond donors (Lipinski definition) is 2. The summed E-state index contributed by atoms with van der Waals surface area (Å²) >= 11 is 0. The summed E-state index contributed by atoms with van der Waals surface area (Å²) in [4.78, 5) is 21.1. The predicted molar refractivity (Wildman–Crippen MR) is 106 cm³/mol. The van der Waals surface area contributed by atoms with Gasteiger partial charge in [0.15, 0.2) is 0 Å². The van der Waals surface area contributed by atoms with Gasteiger partial charge < -0.3 is 10.6 Å². The van der Waals surface area contributed by atoms with Crippen molar-refractivity contribution in [2.24, 2.45) is 0 Å². The normalized spacial score (nSPS) is 13.4. The summed E-state index contributed by atoms with van der Waals surface area (Å²) in [5.41, 5.74) is 2.98. The third-order valence-electron chi connectivity index (χ3n) is 4.48. The van der Waals surface area contributed by atoms with Crippen LogP contribution >= 0.6 is 0 Å². The number of nitriles is 1. The summed E-state index contributed by atoms with van der Waals surface area (Å²) in [5.74, 6) is 0.897. The molecule has 1 amide bonds. The fourth-order valence-electron chi connectivity index (χ4n) is 3.08. The van der Waals surface area contributed by atoms with E-state index in [2.05, 4.69) is 32.7 Å². The Labute approximate surface area is 159 Å². The van der Waals surface area contributed by atoms with Crippen molar-refractivity contribution in [2.75, 3.05) is 17.2 Å². The quantitative estimate of drug-likeness (QED) is 0.752. The molecule has 0 aliphatic heterocycles. The first-order chi connectivity index (χ1) is 13.1. The SMILES string of the molecule is Cc1nc(NCCC2=CCCCC2)cc(C(=O)Nc2ccc(C#N)cc2)n1. The molecule has 0 bridgehead atoms. The van der Waals surface area contributed by atoms with Gasteiger partial charge in [-0.25, -0.2) is 9.97 Å². The van der Waals surface area contributed by atoms with Crippen molar-refractivity contribution in [2.45, 2.75) is 39.0 Å². The average Bonchev–Trinajstić information content (AvgIpc) is 2.69. The van der Waals surface area contributed by atoms with Crippen molar-refractivity contribution in [1.29, 1.82) is 5.26 Å². The first-order valence-electron chi connectivity index (χ1n) is 9.23. The lowest BCUT2D eigenvalue weighted by Crippen LogP contribution is -2.16. The molecular formula is C21H23N5O. The van der Waals surface area contributed by atoms with Crippen LogP contribution in [0.1, 0.15) is 54.0 Å². The molecular weight excluding hydrogens is 338 g/mol. The lowest BCUT2D eigenvalue weighted by molar-refractivity contribution is 0.102. The van der Waals surface area contributed by atoms with Crippen LogP contribution in [0.25, 0.3) is 0 Å². The Bertz CT molecular complexity index is 880. The molecule has 1 heterocycles. The second-order valence-electron chi connectivity index (χ2n) is 6.61. The molecule has 6 nitrogen and oxygen atoms in total. The van der Waals surface area contributed by atoms with Gasteiger partial charge in [-0.05, 0) is 63.3 Å². The van der Waals surface area contributed by atoms with Gasteiger partial charge in [-0.3, -0.25) is 4.79 Å². The third kappa shape index (κ3) is 5.38. The van der Waals surface area contributed by atoms with E-state index < -0.39 is 0 Å². The minimum Gasteiger partial charge on any atom is -0.370 e. The molecule has 1 aliphatic rings. The van der Waals surface area contributed by atoms with Crippen LogP contribution in [0.3, 0.4) is 0 Å². The number of aryl methyl sites for hydroxylation is 1. The fourth-order valence-corrected chi connectivity index (χ4v) is 3.08. The molecule has 2 aromatic rings. The number of nitrogens with one attached hydrogen (secondary N) is 2. The molecule has 138 valence electrons. The zero-order valence-electron chi connectivity index (χ0n) is 15.5. The van der Waals surface area contributed by atoms with Crippen LogP contribution in [-0.4, -0.2) is 22.4 Å². The van der Waals surface area contributed by atoms with Gasteiger partial charge in [-0.15, -0.1) is 0 Å². The molecule has 0 saturated carbocycles. The van der Waals surface area contributed by atoms with Gasteiger partial charge in [0, 0.05) is 18.3 Å². The molecule has 3 rings (SSSR count). The van der Waals surface area contributed by atoms with Gasteiger partial charge >= 0.3 is 0 Å². The smallest absolute Gasteiger partial charge is 0.274 e. The van der Waals surface area contributed by atoms with E-state index in [-0.39, 0.29) is 5.91 Å². The van der Waals surface area contributed by atoms with Gasteiger partial charge in [-0.2, -0.15) is 5.26 Å². The number of nitrogens with zero attached hydrogens (tertiary/aromatic N) is 3. The predicted octanol–water partition coefficient (Wildman–Crippen LogP) is 4.21. The molecule has 1 aromatic heterocycles. The van der Waals surface area contributed by atoms with E-state index in [4.69, 9.17) is 5.26 Å². The molecule has 0 fully saturated rings. The summed E-state index contributed by atoms with van der Waals surface area (Å²) in [6.45, 7) is 2.56. The fraction of sp³-hybridized carbons (Fsp3) is 0.333. The Morgan fingerprint density at radius 2 is 2.04 bits per heavy atom. The van der Waals surface area contributed by atoms with Gasteiger partial charge in [0.1, 0.15) is 17.3 Å². The van der Waals surface area contributed by atoms with E-state index in [1.54, 1.807) is 37.3 Å². The Morgan fingerprint density at radius 1 is 1.22 bits per heavy atom. The maximum absolute atomic E-state index is 12.5. The van der Waals surface area contributed by atoms with Crippen LogP contribution in [-0.2, 0) is 0 Å². The summed E-state index contributed by atoms with van der Waals surface area (Å²) in [6, 6.07) is 10.4. The van der Waals surface area contributed by atoms with Crippen LogP contribution in [0.15, 0.2) is 42.0 Å². The number of rotatable bonds is 6. The number of carbonyl (C=O) groups excluding carboxylic acids is 1. The highest BCUT2D eigenvalue weighted by Gasteiger charge is 2.11. The van der Waals surface area contributed by atoms with Crippen LogP contribution in [0.4, 0.5) is 11.5 Å². The first-order valence-corrected chi connectivity index (χ1v) is 9.23. The summed E-state index contributed by atoms with van der Waals surface area (Å²) in [6.07, 6.45) is 8.27. The van der Waals surface area contributed by atoms with Crippen LogP contribution < -0.4 is 10.6 Å². The van der Waals surface area contributed by atoms with Crippen LogP contribution in [0, 0.1) is 18.3 Å². The van der Waals surface area contributed by atoms with Crippen molar-refractivity contribution in [3.63, 3.8) is 0 Å². The second kappa shape index (κ2) is 8.95. The molecule has 6 heteroatoms. The number of carbonyl (C=O) groups is 1. The van der Waals surface area contributed by atoms with Crippen LogP contribution in [0.2, 0.25) is 0 Å². The third-order valence-corrected chi connectivity index (χ3v) is 4.48. The zero-order chi connectivity index (χ0) is 19.1. The molecule has 0 atom stereocenters. The van der Waals surface area contributed by atoms with Gasteiger partial charge in [0.25, 0.3) is 5.91 Å². The lowest BCUT2D eigenvalue weighted by Gasteiger charge is -2.13. The van der Waals surface area contributed by atoms with Gasteiger partial charge in [0.05, 0.1) is 11.6 Å². The number of aromatic nitrogens is 2. The van der Waals surface area contributed by atoms with Crippen molar-refractivity contribution in [3.05, 3.63) is 59.1 Å². The van der Waals surface area contributed by atoms with Gasteiger partial charge in [-0.1, -0.05) is 11.6 Å². The van der Waals surface area contributed by atoms with Crippen molar-refractivity contribution >= 4 is 17.4 Å². The van der Waals surface area contributed by atoms with E-state index in [9.17, 15) is 4.79 Å². The molecule has 0 saturated heterocycles. The van der Waals surface area contributed by atoms with Crippen LogP contribution in [0.5, 0.6) is 0 Å². The Morgan fingerprint density at radius 3 is 2.74 bits per heavy atom. The maximum atomic E-state index is 12.5. The van der Waals surface area contributed by atoms with E-state index in [1.807, 2.05) is 0 Å². The van der Waals surface area contributed by atoms with E-state index in [0.717, 1.165) is 13.0 Å². The largest absolute Gasteiger partial charge is 0.370 e. The van der Waals surface area contributed by atoms with E-state index in [0.29, 0.717) is 28.6 Å². The van der Waals surface area contributed by atoms with Gasteiger partial charge in [0.2, 0.25) is 0 Å². The highest BCUT2D eigenvalue weighted by Crippen LogP contribution is 2.20. The molecule has 1 aliphatic carbocycles. The summed E-state index contributed by atoms with van der Waals surface area (Å²) in [5, 5.41) is 14.9. The molecule has 1 aromatic carbocycles. The van der Waals surface area contributed by atoms with E-state index >= 15 is 0 Å². The summed E-state index contributed by atoms with van der Waals surface area (Å²) in [7, 11) is 0. The van der Waals surface area contributed by atoms with Crippen molar-refractivity contribution < 1.29 is 4.79 Å². The second-order valence-corrected chi connectivity index (χ2v) is 6.61. The Balaban J connectivity index is 1.62. The molecule has 0 spiro atoms. The van der Waals surface area contributed by atoms with Crippen molar-refractivity contribution in [1.82, 2.24) is 9.97 Å². The van der Waals surface area contributed by atoms with E-state index in [1.165, 1.54) is 31.3 Å². The highest BCUT2D eigenvalue weighted by molar-refractivity contribution is 6.03. The standard InChI is InChI=1S/C21H23N5O/c1-15-24-19(21(27)26-18-9-7-17(14-22)8-10-18)13-20(25-15)23-12-11-16-5-3-2-4-6-16/h5,7-10,13H,2-4,6,11-12H2,1H3,(H,26,27)(H,23,24,25). The number of hydrogen-bond acceptors (Lipinski definition) is 5. The highest BCUT2D eigenvalue weighted by atomic mass is 16.1. The minimum absolute atomic E-state index is 0.303. The summed E-state index contributed by atoms with van der Waals surface area (Å²) < 4.78 is 0. The average molecular weight is 361 g/mol.